The van der Waals surface area contributed by atoms with E-state index in [1.165, 1.54) is 0 Å². The fourth-order valence-corrected chi connectivity index (χ4v) is 1.42. The maximum atomic E-state index is 11.5. The van der Waals surface area contributed by atoms with Gasteiger partial charge in [-0.25, -0.2) is 4.79 Å². The predicted octanol–water partition coefficient (Wildman–Crippen LogP) is 0.967. The van der Waals surface area contributed by atoms with Gasteiger partial charge < -0.3 is 15.2 Å². The van der Waals surface area contributed by atoms with Crippen LogP contribution in [0.4, 0.5) is 0 Å². The first-order valence-corrected chi connectivity index (χ1v) is 5.68. The third kappa shape index (κ3) is 4.72. The van der Waals surface area contributed by atoms with Gasteiger partial charge in [-0.1, -0.05) is 18.2 Å². The molecule has 0 aliphatic carbocycles. The Bertz CT molecular complexity index is 504. The van der Waals surface area contributed by atoms with Gasteiger partial charge in [0.15, 0.2) is 6.61 Å². The van der Waals surface area contributed by atoms with Gasteiger partial charge >= 0.3 is 5.97 Å². The van der Waals surface area contributed by atoms with Crippen molar-refractivity contribution in [1.29, 1.82) is 0 Å². The van der Waals surface area contributed by atoms with E-state index in [1.54, 1.807) is 12.1 Å². The molecule has 1 unspecified atom stereocenters. The van der Waals surface area contributed by atoms with Crippen LogP contribution < -0.4 is 10.1 Å². The molecule has 0 aliphatic rings. The van der Waals surface area contributed by atoms with E-state index in [0.29, 0.717) is 5.75 Å². The second-order valence-electron chi connectivity index (χ2n) is 3.92. The predicted molar refractivity (Wildman–Crippen MR) is 69.7 cm³/mol. The number of hydrogen-bond donors (Lipinski definition) is 2. The lowest BCUT2D eigenvalue weighted by Crippen LogP contribution is -2.42. The molecule has 0 saturated carbocycles. The largest absolute Gasteiger partial charge is 0.484 e. The summed E-state index contributed by atoms with van der Waals surface area (Å²) in [4.78, 5) is 22.4. The third-order valence-electron chi connectivity index (χ3n) is 2.41. The Balaban J connectivity index is 2.50. The average Bonchev–Trinajstić information content (AvgIpc) is 2.37. The Hall–Kier alpha value is -2.48. The first-order valence-electron chi connectivity index (χ1n) is 5.68. The van der Waals surface area contributed by atoms with Gasteiger partial charge in [-0.05, 0) is 18.6 Å². The van der Waals surface area contributed by atoms with E-state index in [9.17, 15) is 9.59 Å². The monoisotopic (exact) mass is 261 g/mol. The summed E-state index contributed by atoms with van der Waals surface area (Å²) in [5.74, 6) is 1.10. The molecule has 1 atom stereocenters. The zero-order valence-corrected chi connectivity index (χ0v) is 10.6. The summed E-state index contributed by atoms with van der Waals surface area (Å²) in [6.45, 7) is 1.60. The molecule has 0 aliphatic heterocycles. The van der Waals surface area contributed by atoms with Crippen molar-refractivity contribution in [3.05, 3.63) is 29.8 Å². The van der Waals surface area contributed by atoms with Gasteiger partial charge in [0.05, 0.1) is 0 Å². The number of carboxylic acid groups (broad SMARTS) is 1. The molecule has 100 valence electrons. The van der Waals surface area contributed by atoms with Crippen LogP contribution in [0, 0.1) is 19.3 Å². The summed E-state index contributed by atoms with van der Waals surface area (Å²) in [5.41, 5.74) is 0.897. The molecule has 1 aromatic rings. The second kappa shape index (κ2) is 7.07. The molecule has 0 saturated heterocycles. The van der Waals surface area contributed by atoms with Crippen LogP contribution in [0.25, 0.3) is 0 Å². The van der Waals surface area contributed by atoms with E-state index in [0.717, 1.165) is 5.56 Å². The Kier molecular flexibility index (Phi) is 5.42. The number of nitrogens with one attached hydrogen (secondary N) is 1. The van der Waals surface area contributed by atoms with E-state index in [2.05, 4.69) is 11.2 Å². The summed E-state index contributed by atoms with van der Waals surface area (Å²) in [6.07, 6.45) is 4.97. The number of hydrogen-bond acceptors (Lipinski definition) is 3. The fourth-order valence-electron chi connectivity index (χ4n) is 1.42. The lowest BCUT2D eigenvalue weighted by molar-refractivity contribution is -0.141. The van der Waals surface area contributed by atoms with Gasteiger partial charge in [0.2, 0.25) is 0 Å². The first kappa shape index (κ1) is 14.6. The molecule has 0 aromatic heterocycles. The number of carbonyl (C=O) groups is 2. The molecule has 1 rings (SSSR count). The summed E-state index contributed by atoms with van der Waals surface area (Å²) >= 11 is 0. The molecule has 0 fully saturated rings. The number of benzene rings is 1. The average molecular weight is 261 g/mol. The fraction of sp³-hybridized carbons (Fsp3) is 0.286. The van der Waals surface area contributed by atoms with Gasteiger partial charge in [-0.15, -0.1) is 12.3 Å². The quantitative estimate of drug-likeness (QED) is 0.748. The summed E-state index contributed by atoms with van der Waals surface area (Å²) in [5, 5.41) is 11.1. The lowest BCUT2D eigenvalue weighted by atomic mass is 10.2. The van der Waals surface area contributed by atoms with Gasteiger partial charge in [0.1, 0.15) is 11.8 Å². The Morgan fingerprint density at radius 1 is 1.47 bits per heavy atom. The molecule has 5 nitrogen and oxygen atoms in total. The number of amides is 1. The Morgan fingerprint density at radius 2 is 2.16 bits per heavy atom. The summed E-state index contributed by atoms with van der Waals surface area (Å²) < 4.78 is 5.30. The number of para-hydroxylation sites is 1. The molecule has 0 bridgehead atoms. The minimum Gasteiger partial charge on any atom is -0.484 e. The zero-order chi connectivity index (χ0) is 14.3. The van der Waals surface area contributed by atoms with Crippen molar-refractivity contribution >= 4 is 11.9 Å². The number of ether oxygens (including phenoxy) is 1. The van der Waals surface area contributed by atoms with Gasteiger partial charge in [0.25, 0.3) is 5.91 Å². The van der Waals surface area contributed by atoms with Gasteiger partial charge in [-0.2, -0.15) is 0 Å². The van der Waals surface area contributed by atoms with Crippen molar-refractivity contribution in [2.45, 2.75) is 19.4 Å². The van der Waals surface area contributed by atoms with E-state index in [-0.39, 0.29) is 13.0 Å². The Morgan fingerprint density at radius 3 is 2.74 bits per heavy atom. The van der Waals surface area contributed by atoms with Crippen LogP contribution in [0.15, 0.2) is 24.3 Å². The normalized spacial score (nSPS) is 11.2. The highest BCUT2D eigenvalue weighted by molar-refractivity contribution is 5.84. The highest BCUT2D eigenvalue weighted by Crippen LogP contribution is 2.15. The molecule has 19 heavy (non-hydrogen) atoms. The van der Waals surface area contributed by atoms with E-state index < -0.39 is 17.9 Å². The first-order chi connectivity index (χ1) is 9.04. The van der Waals surface area contributed by atoms with Crippen LogP contribution in [-0.4, -0.2) is 29.6 Å². The molecule has 0 spiro atoms. The van der Waals surface area contributed by atoms with E-state index >= 15 is 0 Å². The number of aliphatic carboxylic acids is 1. The summed E-state index contributed by atoms with van der Waals surface area (Å²) in [6, 6.07) is 6.15. The molecule has 0 radical (unpaired) electrons. The molecular weight excluding hydrogens is 246 g/mol. The molecule has 1 aromatic carbocycles. The number of carbonyl (C=O) groups excluding carboxylic acids is 1. The molecule has 2 N–H and O–H groups in total. The molecule has 1 amide bonds. The van der Waals surface area contributed by atoms with Crippen molar-refractivity contribution in [3.63, 3.8) is 0 Å². The number of rotatable bonds is 6. The lowest BCUT2D eigenvalue weighted by Gasteiger charge is -2.13. The number of terminal acetylenes is 1. The van der Waals surface area contributed by atoms with E-state index in [1.807, 2.05) is 19.1 Å². The van der Waals surface area contributed by atoms with Crippen molar-refractivity contribution in [2.75, 3.05) is 6.61 Å². The molecule has 5 heteroatoms. The third-order valence-corrected chi connectivity index (χ3v) is 2.41. The van der Waals surface area contributed by atoms with Crippen LogP contribution in [0.1, 0.15) is 12.0 Å². The standard InChI is InChI=1S/C14H15NO4/c1-3-6-11(14(17)18)15-13(16)9-19-12-8-5-4-7-10(12)2/h1,4-5,7-8,11H,6,9H2,2H3,(H,15,16)(H,17,18). The van der Waals surface area contributed by atoms with Crippen LogP contribution in [0.2, 0.25) is 0 Å². The maximum absolute atomic E-state index is 11.5. The maximum Gasteiger partial charge on any atom is 0.327 e. The number of aryl methyl sites for hydroxylation is 1. The van der Waals surface area contributed by atoms with Crippen molar-refractivity contribution < 1.29 is 19.4 Å². The van der Waals surface area contributed by atoms with Crippen LogP contribution in [0.5, 0.6) is 5.75 Å². The van der Waals surface area contributed by atoms with Crippen molar-refractivity contribution in [2.24, 2.45) is 0 Å². The Labute approximate surface area is 111 Å². The number of carboxylic acids is 1. The van der Waals surface area contributed by atoms with Crippen LogP contribution >= 0.6 is 0 Å². The van der Waals surface area contributed by atoms with Gasteiger partial charge in [-0.3, -0.25) is 4.79 Å². The second-order valence-corrected chi connectivity index (χ2v) is 3.92. The zero-order valence-electron chi connectivity index (χ0n) is 10.6. The van der Waals surface area contributed by atoms with Gasteiger partial charge in [0, 0.05) is 6.42 Å². The molecule has 0 heterocycles. The van der Waals surface area contributed by atoms with Crippen molar-refractivity contribution in [1.82, 2.24) is 5.32 Å². The minimum atomic E-state index is -1.16. The summed E-state index contributed by atoms with van der Waals surface area (Å²) in [7, 11) is 0. The van der Waals surface area contributed by atoms with Crippen molar-refractivity contribution in [3.8, 4) is 18.1 Å². The highest BCUT2D eigenvalue weighted by Gasteiger charge is 2.18. The SMILES string of the molecule is C#CCC(NC(=O)COc1ccccc1C)C(=O)O. The molecular formula is C14H15NO4. The van der Waals surface area contributed by atoms with Crippen LogP contribution in [-0.2, 0) is 9.59 Å². The smallest absolute Gasteiger partial charge is 0.327 e. The topological polar surface area (TPSA) is 75.6 Å². The van der Waals surface area contributed by atoms with E-state index in [4.69, 9.17) is 16.3 Å². The highest BCUT2D eigenvalue weighted by atomic mass is 16.5. The van der Waals surface area contributed by atoms with Crippen LogP contribution in [0.3, 0.4) is 0 Å². The minimum absolute atomic E-state index is 0.0640.